The van der Waals surface area contributed by atoms with Gasteiger partial charge < -0.3 is 26.5 Å². The van der Waals surface area contributed by atoms with Gasteiger partial charge in [0.25, 0.3) is 0 Å². The van der Waals surface area contributed by atoms with Gasteiger partial charge in [0.15, 0.2) is 11.6 Å². The zero-order valence-corrected chi connectivity index (χ0v) is 18.0. The second kappa shape index (κ2) is 10.1. The maximum Gasteiger partial charge on any atom is 0.166 e. The van der Waals surface area contributed by atoms with E-state index in [1.165, 1.54) is 18.3 Å². The Bertz CT molecular complexity index is 947. The number of allylic oxidation sites excluding steroid dienone is 1. The van der Waals surface area contributed by atoms with E-state index >= 15 is 0 Å². The van der Waals surface area contributed by atoms with Gasteiger partial charge in [0.05, 0.1) is 5.02 Å². The summed E-state index contributed by atoms with van der Waals surface area (Å²) < 4.78 is 19.8. The van der Waals surface area contributed by atoms with Gasteiger partial charge in [0.1, 0.15) is 11.9 Å². The molecule has 0 aliphatic carbocycles. The van der Waals surface area contributed by atoms with Gasteiger partial charge in [-0.15, -0.1) is 0 Å². The van der Waals surface area contributed by atoms with E-state index in [0.29, 0.717) is 33.5 Å². The van der Waals surface area contributed by atoms with Crippen LogP contribution >= 0.6 is 23.2 Å². The van der Waals surface area contributed by atoms with E-state index in [0.717, 1.165) is 25.9 Å². The molecule has 0 saturated carbocycles. The zero-order valence-electron chi connectivity index (χ0n) is 16.5. The second-order valence-corrected chi connectivity index (χ2v) is 7.84. The lowest BCUT2D eigenvalue weighted by molar-refractivity contribution is 0.227. The lowest BCUT2D eigenvalue weighted by Crippen LogP contribution is -2.37. The lowest BCUT2D eigenvalue weighted by Gasteiger charge is -2.23. The molecule has 2 aromatic rings. The van der Waals surface area contributed by atoms with Crippen LogP contribution in [0.5, 0.6) is 5.75 Å². The second-order valence-electron chi connectivity index (χ2n) is 7.06. The van der Waals surface area contributed by atoms with Crippen LogP contribution in [0.4, 0.5) is 10.2 Å². The van der Waals surface area contributed by atoms with E-state index in [1.54, 1.807) is 19.2 Å². The van der Waals surface area contributed by atoms with Crippen LogP contribution in [0.2, 0.25) is 10.0 Å². The molecule has 1 aromatic carbocycles. The average Bonchev–Trinajstić information content (AvgIpc) is 2.74. The first-order chi connectivity index (χ1) is 14.4. The summed E-state index contributed by atoms with van der Waals surface area (Å²) in [6, 6.07) is 4.68. The number of pyridine rings is 1. The third kappa shape index (κ3) is 5.22. The summed E-state index contributed by atoms with van der Waals surface area (Å²) >= 11 is 12.3. The first kappa shape index (κ1) is 22.3. The molecule has 160 valence electrons. The van der Waals surface area contributed by atoms with Gasteiger partial charge in [-0.2, -0.15) is 0 Å². The van der Waals surface area contributed by atoms with Crippen LogP contribution in [-0.2, 0) is 0 Å². The van der Waals surface area contributed by atoms with Crippen LogP contribution < -0.4 is 21.1 Å². The standard InChI is InChI=1S/C21H24Cl2FN5O/c1-12(19-16(22)2-3-17(24)20(19)23)30-18-8-13(10-29-21(18)26)14(9-25)11-28-15-4-6-27-7-5-15/h2-3,8-12,15,25,27-28H,4-7H2,1H3,(H2,26,29)/b14-11+,25-9?/t12-/m1/s1. The quantitative estimate of drug-likeness (QED) is 0.364. The van der Waals surface area contributed by atoms with E-state index in [1.807, 2.05) is 6.20 Å². The van der Waals surface area contributed by atoms with E-state index < -0.39 is 11.9 Å². The van der Waals surface area contributed by atoms with Crippen LogP contribution in [0.3, 0.4) is 0 Å². The molecule has 0 unspecified atom stereocenters. The summed E-state index contributed by atoms with van der Waals surface area (Å²) in [7, 11) is 0. The fraction of sp³-hybridized carbons (Fsp3) is 0.333. The molecule has 1 aliphatic rings. The van der Waals surface area contributed by atoms with Crippen molar-refractivity contribution in [3.05, 3.63) is 57.6 Å². The topological polar surface area (TPSA) is 96.0 Å². The average molecular weight is 452 g/mol. The number of halogens is 3. The van der Waals surface area contributed by atoms with E-state index in [2.05, 4.69) is 15.6 Å². The molecule has 0 bridgehead atoms. The third-order valence-corrected chi connectivity index (χ3v) is 5.69. The van der Waals surface area contributed by atoms with Gasteiger partial charge in [-0.1, -0.05) is 23.2 Å². The Labute approximate surface area is 185 Å². The summed E-state index contributed by atoms with van der Waals surface area (Å²) in [5.74, 6) is -0.111. The van der Waals surface area contributed by atoms with Crippen molar-refractivity contribution < 1.29 is 9.13 Å². The van der Waals surface area contributed by atoms with E-state index in [-0.39, 0.29) is 10.8 Å². The SMILES string of the molecule is C[C@@H](Oc1cc(/C(C=N)=C/NC2CCNCC2)cnc1N)c1c(Cl)ccc(F)c1Cl. The number of aromatic nitrogens is 1. The van der Waals surface area contributed by atoms with Gasteiger partial charge in [0, 0.05) is 46.4 Å². The normalized spacial score (nSPS) is 16.2. The molecule has 2 heterocycles. The van der Waals surface area contributed by atoms with Crippen molar-refractivity contribution in [1.29, 1.82) is 5.41 Å². The fourth-order valence-corrected chi connectivity index (χ4v) is 3.95. The number of piperidine rings is 1. The lowest BCUT2D eigenvalue weighted by atomic mass is 10.1. The van der Waals surface area contributed by atoms with Crippen molar-refractivity contribution in [3.8, 4) is 5.75 Å². The number of ether oxygens (including phenoxy) is 1. The van der Waals surface area contributed by atoms with Crippen molar-refractivity contribution in [1.82, 2.24) is 15.6 Å². The summed E-state index contributed by atoms with van der Waals surface area (Å²) in [5, 5.41) is 14.7. The van der Waals surface area contributed by atoms with Gasteiger partial charge in [-0.25, -0.2) is 9.37 Å². The summed E-state index contributed by atoms with van der Waals surface area (Å²) in [4.78, 5) is 4.18. The van der Waals surface area contributed by atoms with Crippen LogP contribution in [0, 0.1) is 11.2 Å². The van der Waals surface area contributed by atoms with Gasteiger partial charge in [-0.3, -0.25) is 0 Å². The number of nitrogens with zero attached hydrogens (tertiary/aromatic N) is 1. The van der Waals surface area contributed by atoms with Crippen molar-refractivity contribution in [2.24, 2.45) is 0 Å². The predicted molar refractivity (Wildman–Crippen MR) is 120 cm³/mol. The summed E-state index contributed by atoms with van der Waals surface area (Å²) in [6.07, 6.45) is 6.00. The highest BCUT2D eigenvalue weighted by molar-refractivity contribution is 6.36. The number of nitrogens with two attached hydrogens (primary N) is 1. The zero-order chi connectivity index (χ0) is 21.7. The number of anilines is 1. The van der Waals surface area contributed by atoms with Gasteiger partial charge in [0.2, 0.25) is 0 Å². The molecule has 30 heavy (non-hydrogen) atoms. The Morgan fingerprint density at radius 1 is 1.40 bits per heavy atom. The maximum absolute atomic E-state index is 13.9. The van der Waals surface area contributed by atoms with Crippen LogP contribution in [-0.4, -0.2) is 30.3 Å². The van der Waals surface area contributed by atoms with Crippen LogP contribution in [0.25, 0.3) is 5.57 Å². The van der Waals surface area contributed by atoms with Crippen LogP contribution in [0.1, 0.15) is 37.0 Å². The van der Waals surface area contributed by atoms with Crippen LogP contribution in [0.15, 0.2) is 30.6 Å². The number of rotatable bonds is 7. The molecular formula is C21H24Cl2FN5O. The molecule has 1 aliphatic heterocycles. The summed E-state index contributed by atoms with van der Waals surface area (Å²) in [5.41, 5.74) is 7.62. The molecule has 1 atom stereocenters. The van der Waals surface area contributed by atoms with E-state index in [4.69, 9.17) is 39.1 Å². The first-order valence-corrected chi connectivity index (χ1v) is 10.4. The van der Waals surface area contributed by atoms with Crippen molar-refractivity contribution >= 4 is 40.8 Å². The minimum absolute atomic E-state index is 0.0936. The molecule has 1 aromatic heterocycles. The van der Waals surface area contributed by atoms with Gasteiger partial charge >= 0.3 is 0 Å². The Balaban J connectivity index is 1.82. The molecule has 6 nitrogen and oxygen atoms in total. The molecular weight excluding hydrogens is 428 g/mol. The highest BCUT2D eigenvalue weighted by Gasteiger charge is 2.20. The Morgan fingerprint density at radius 3 is 2.83 bits per heavy atom. The Morgan fingerprint density at radius 2 is 2.13 bits per heavy atom. The molecule has 1 fully saturated rings. The summed E-state index contributed by atoms with van der Waals surface area (Å²) in [6.45, 7) is 3.64. The first-order valence-electron chi connectivity index (χ1n) is 9.64. The fourth-order valence-electron chi connectivity index (χ4n) is 3.28. The largest absolute Gasteiger partial charge is 0.482 e. The highest BCUT2D eigenvalue weighted by Crippen LogP contribution is 2.36. The van der Waals surface area contributed by atoms with Crippen molar-refractivity contribution in [2.45, 2.75) is 31.9 Å². The minimum atomic E-state index is -0.666. The number of benzene rings is 1. The third-order valence-electron chi connectivity index (χ3n) is 4.97. The maximum atomic E-state index is 13.9. The highest BCUT2D eigenvalue weighted by atomic mass is 35.5. The molecule has 3 rings (SSSR count). The molecule has 9 heteroatoms. The van der Waals surface area contributed by atoms with Crippen molar-refractivity contribution in [2.75, 3.05) is 18.8 Å². The van der Waals surface area contributed by atoms with Crippen molar-refractivity contribution in [3.63, 3.8) is 0 Å². The number of nitrogens with one attached hydrogen (secondary N) is 3. The number of hydrogen-bond acceptors (Lipinski definition) is 6. The molecule has 0 radical (unpaired) electrons. The predicted octanol–water partition coefficient (Wildman–Crippen LogP) is 4.58. The molecule has 1 saturated heterocycles. The Kier molecular flexibility index (Phi) is 7.53. The number of nitrogen functional groups attached to an aromatic ring is 1. The number of hydrogen-bond donors (Lipinski definition) is 4. The molecule has 0 spiro atoms. The van der Waals surface area contributed by atoms with Gasteiger partial charge in [-0.05, 0) is 51.1 Å². The monoisotopic (exact) mass is 451 g/mol. The smallest absolute Gasteiger partial charge is 0.166 e. The van der Waals surface area contributed by atoms with E-state index in [9.17, 15) is 4.39 Å². The molecule has 5 N–H and O–H groups in total. The Hall–Kier alpha value is -2.35. The minimum Gasteiger partial charge on any atom is -0.482 e. The molecule has 0 amide bonds.